The zero-order valence-electron chi connectivity index (χ0n) is 15.6. The largest absolute Gasteiger partial charge is 0.477 e. The second-order valence-corrected chi connectivity index (χ2v) is 6.32. The quantitative estimate of drug-likeness (QED) is 0.844. The van der Waals surface area contributed by atoms with Gasteiger partial charge < -0.3 is 19.7 Å². The summed E-state index contributed by atoms with van der Waals surface area (Å²) in [4.78, 5) is 19.4. The first-order valence-corrected chi connectivity index (χ1v) is 9.08. The van der Waals surface area contributed by atoms with Gasteiger partial charge in [-0.15, -0.1) is 0 Å². The van der Waals surface area contributed by atoms with Crippen LogP contribution in [0.25, 0.3) is 0 Å². The summed E-state index contributed by atoms with van der Waals surface area (Å²) in [5, 5.41) is 2.82. The number of nitrogens with one attached hydrogen (secondary N) is 1. The number of pyridine rings is 1. The number of nitrogens with zero attached hydrogens (tertiary/aromatic N) is 2. The molecule has 0 spiro atoms. The van der Waals surface area contributed by atoms with Crippen molar-refractivity contribution < 1.29 is 18.7 Å². The highest BCUT2D eigenvalue weighted by Gasteiger charge is 2.21. The summed E-state index contributed by atoms with van der Waals surface area (Å²) >= 11 is 0. The molecule has 2 aromatic rings. The molecule has 0 aliphatic carbocycles. The van der Waals surface area contributed by atoms with Gasteiger partial charge in [-0.25, -0.2) is 4.39 Å². The summed E-state index contributed by atoms with van der Waals surface area (Å²) in [6, 6.07) is 8.05. The van der Waals surface area contributed by atoms with Crippen molar-refractivity contribution in [3.05, 3.63) is 52.8 Å². The smallest absolute Gasteiger partial charge is 0.257 e. The Morgan fingerprint density at radius 1 is 1.33 bits per heavy atom. The Kier molecular flexibility index (Phi) is 6.24. The summed E-state index contributed by atoms with van der Waals surface area (Å²) < 4.78 is 24.3. The third-order valence-electron chi connectivity index (χ3n) is 4.36. The van der Waals surface area contributed by atoms with E-state index in [9.17, 15) is 9.18 Å². The van der Waals surface area contributed by atoms with Crippen LogP contribution >= 0.6 is 0 Å². The number of halogens is 1. The van der Waals surface area contributed by atoms with E-state index in [4.69, 9.17) is 9.47 Å². The van der Waals surface area contributed by atoms with Gasteiger partial charge in [0.05, 0.1) is 19.8 Å². The van der Waals surface area contributed by atoms with Gasteiger partial charge in [-0.1, -0.05) is 12.1 Å². The van der Waals surface area contributed by atoms with Crippen LogP contribution in [0.4, 0.5) is 10.2 Å². The van der Waals surface area contributed by atoms with Gasteiger partial charge in [0.1, 0.15) is 17.2 Å². The molecule has 1 saturated heterocycles. The molecule has 2 heterocycles. The molecule has 1 aromatic carbocycles. The van der Waals surface area contributed by atoms with Crippen LogP contribution in [0.15, 0.2) is 30.3 Å². The highest BCUT2D eigenvalue weighted by molar-refractivity contribution is 5.98. The fourth-order valence-corrected chi connectivity index (χ4v) is 3.02. The van der Waals surface area contributed by atoms with Crippen LogP contribution in [-0.2, 0) is 11.3 Å². The number of benzene rings is 1. The third kappa shape index (κ3) is 4.74. The van der Waals surface area contributed by atoms with Crippen LogP contribution in [0.2, 0.25) is 0 Å². The number of rotatable bonds is 6. The maximum atomic E-state index is 13.3. The molecule has 6 nitrogen and oxygen atoms in total. The normalized spacial score (nSPS) is 14.1. The van der Waals surface area contributed by atoms with E-state index in [1.807, 2.05) is 19.9 Å². The number of morpholine rings is 1. The summed E-state index contributed by atoms with van der Waals surface area (Å²) in [6.07, 6.45) is 0. The van der Waals surface area contributed by atoms with Crippen LogP contribution in [0.1, 0.15) is 28.4 Å². The monoisotopic (exact) mass is 373 g/mol. The average Bonchev–Trinajstić information content (AvgIpc) is 2.67. The Labute approximate surface area is 158 Å². The molecular weight excluding hydrogens is 349 g/mol. The maximum Gasteiger partial charge on any atom is 0.257 e. The Hall–Kier alpha value is -2.67. The molecule has 1 aliphatic rings. The lowest BCUT2D eigenvalue weighted by Crippen LogP contribution is -2.37. The number of carbonyl (C=O) groups excluding carboxylic acids is 1. The van der Waals surface area contributed by atoms with Crippen molar-refractivity contribution in [2.45, 2.75) is 20.4 Å². The van der Waals surface area contributed by atoms with Gasteiger partial charge >= 0.3 is 0 Å². The fraction of sp³-hybridized carbons (Fsp3) is 0.400. The highest BCUT2D eigenvalue weighted by Crippen LogP contribution is 2.26. The number of hydrogen-bond donors (Lipinski definition) is 1. The first kappa shape index (κ1) is 19.1. The summed E-state index contributed by atoms with van der Waals surface area (Å²) in [5.74, 6) is 0.474. The lowest BCUT2D eigenvalue weighted by Gasteiger charge is -2.28. The van der Waals surface area contributed by atoms with E-state index in [0.29, 0.717) is 36.8 Å². The number of hydrogen-bond acceptors (Lipinski definition) is 5. The van der Waals surface area contributed by atoms with E-state index in [1.54, 1.807) is 12.1 Å². The zero-order valence-corrected chi connectivity index (χ0v) is 15.6. The van der Waals surface area contributed by atoms with Crippen molar-refractivity contribution in [1.29, 1.82) is 0 Å². The molecule has 0 unspecified atom stereocenters. The molecule has 1 aliphatic heterocycles. The lowest BCUT2D eigenvalue weighted by atomic mass is 10.1. The van der Waals surface area contributed by atoms with Crippen molar-refractivity contribution in [3.63, 3.8) is 0 Å². The number of aromatic nitrogens is 1. The van der Waals surface area contributed by atoms with Gasteiger partial charge in [-0.3, -0.25) is 4.79 Å². The zero-order chi connectivity index (χ0) is 19.2. The second kappa shape index (κ2) is 8.81. The van der Waals surface area contributed by atoms with Crippen molar-refractivity contribution in [2.24, 2.45) is 0 Å². The van der Waals surface area contributed by atoms with E-state index in [-0.39, 0.29) is 18.3 Å². The SMILES string of the molecule is CCOc1nc(N2CCOCC2)cc(C)c1C(=O)NCc1cccc(F)c1. The van der Waals surface area contributed by atoms with Crippen molar-refractivity contribution in [3.8, 4) is 5.88 Å². The van der Waals surface area contributed by atoms with E-state index in [0.717, 1.165) is 24.5 Å². The van der Waals surface area contributed by atoms with Crippen molar-refractivity contribution >= 4 is 11.7 Å². The first-order chi connectivity index (χ1) is 13.1. The van der Waals surface area contributed by atoms with Crippen LogP contribution in [0, 0.1) is 12.7 Å². The second-order valence-electron chi connectivity index (χ2n) is 6.32. The Morgan fingerprint density at radius 3 is 2.81 bits per heavy atom. The molecule has 1 fully saturated rings. The Balaban J connectivity index is 1.81. The fourth-order valence-electron chi connectivity index (χ4n) is 3.02. The van der Waals surface area contributed by atoms with Crippen LogP contribution in [0.3, 0.4) is 0 Å². The highest BCUT2D eigenvalue weighted by atomic mass is 19.1. The average molecular weight is 373 g/mol. The maximum absolute atomic E-state index is 13.3. The molecule has 1 amide bonds. The van der Waals surface area contributed by atoms with Gasteiger partial charge in [0.2, 0.25) is 5.88 Å². The molecule has 27 heavy (non-hydrogen) atoms. The van der Waals surface area contributed by atoms with Crippen LogP contribution in [-0.4, -0.2) is 43.8 Å². The summed E-state index contributed by atoms with van der Waals surface area (Å²) in [6.45, 7) is 7.17. The number of amides is 1. The van der Waals surface area contributed by atoms with E-state index < -0.39 is 0 Å². The topological polar surface area (TPSA) is 63.7 Å². The minimum absolute atomic E-state index is 0.229. The van der Waals surface area contributed by atoms with Gasteiger partial charge in [-0.05, 0) is 43.2 Å². The molecule has 144 valence electrons. The Bertz CT molecular complexity index is 807. The number of ether oxygens (including phenoxy) is 2. The van der Waals surface area contributed by atoms with Gasteiger partial charge in [0, 0.05) is 19.6 Å². The van der Waals surface area contributed by atoms with Crippen LogP contribution in [0.5, 0.6) is 5.88 Å². The van der Waals surface area contributed by atoms with Crippen molar-refractivity contribution in [2.75, 3.05) is 37.8 Å². The standard InChI is InChI=1S/C20H24FN3O3/c1-3-27-20-18(19(25)22-13-15-5-4-6-16(21)12-15)14(2)11-17(23-20)24-7-9-26-10-8-24/h4-6,11-12H,3,7-10,13H2,1-2H3,(H,22,25). The van der Waals surface area contributed by atoms with E-state index in [2.05, 4.69) is 15.2 Å². The van der Waals surface area contributed by atoms with Gasteiger partial charge in [0.15, 0.2) is 0 Å². The van der Waals surface area contributed by atoms with E-state index >= 15 is 0 Å². The van der Waals surface area contributed by atoms with Gasteiger partial charge in [0.25, 0.3) is 5.91 Å². The number of aryl methyl sites for hydroxylation is 1. The third-order valence-corrected chi connectivity index (χ3v) is 4.36. The van der Waals surface area contributed by atoms with E-state index in [1.165, 1.54) is 12.1 Å². The van der Waals surface area contributed by atoms with Crippen LogP contribution < -0.4 is 15.0 Å². The molecule has 0 bridgehead atoms. The number of anilines is 1. The summed E-state index contributed by atoms with van der Waals surface area (Å²) in [5.41, 5.74) is 1.88. The molecule has 0 atom stereocenters. The number of carbonyl (C=O) groups is 1. The predicted molar refractivity (Wildman–Crippen MR) is 101 cm³/mol. The molecule has 1 N–H and O–H groups in total. The summed E-state index contributed by atoms with van der Waals surface area (Å²) in [7, 11) is 0. The van der Waals surface area contributed by atoms with Crippen molar-refractivity contribution in [1.82, 2.24) is 10.3 Å². The molecule has 7 heteroatoms. The lowest BCUT2D eigenvalue weighted by molar-refractivity contribution is 0.0945. The minimum Gasteiger partial charge on any atom is -0.477 e. The predicted octanol–water partition coefficient (Wildman–Crippen LogP) is 2.69. The molecular formula is C20H24FN3O3. The van der Waals surface area contributed by atoms with Gasteiger partial charge in [-0.2, -0.15) is 4.98 Å². The minimum atomic E-state index is -0.329. The molecule has 1 aromatic heterocycles. The molecule has 0 radical (unpaired) electrons. The molecule has 0 saturated carbocycles. The first-order valence-electron chi connectivity index (χ1n) is 9.08. The Morgan fingerprint density at radius 2 is 2.11 bits per heavy atom. The molecule has 3 rings (SSSR count).